The third kappa shape index (κ3) is 4.46. The molecule has 1 N–H and O–H groups in total. The maximum atomic E-state index is 11.7. The van der Waals surface area contributed by atoms with Gasteiger partial charge in [-0.3, -0.25) is 4.90 Å². The molecule has 21 heavy (non-hydrogen) atoms. The van der Waals surface area contributed by atoms with E-state index < -0.39 is 12.1 Å². The molecule has 1 saturated heterocycles. The van der Waals surface area contributed by atoms with Gasteiger partial charge in [0.15, 0.2) is 0 Å². The Bertz CT molecular complexity index is 476. The Hall–Kier alpha value is -2.08. The van der Waals surface area contributed by atoms with Crippen molar-refractivity contribution in [2.75, 3.05) is 13.2 Å². The van der Waals surface area contributed by atoms with Gasteiger partial charge in [0.25, 0.3) is 0 Å². The van der Waals surface area contributed by atoms with Gasteiger partial charge in [-0.2, -0.15) is 0 Å². The minimum atomic E-state index is -0.723. The summed E-state index contributed by atoms with van der Waals surface area (Å²) in [7, 11) is 0. The first-order chi connectivity index (χ1) is 10.2. The van der Waals surface area contributed by atoms with Gasteiger partial charge in [-0.15, -0.1) is 0 Å². The second-order valence-electron chi connectivity index (χ2n) is 4.96. The van der Waals surface area contributed by atoms with E-state index in [0.717, 1.165) is 18.4 Å². The summed E-state index contributed by atoms with van der Waals surface area (Å²) in [6, 6.07) is 9.26. The summed E-state index contributed by atoms with van der Waals surface area (Å²) in [5.41, 5.74) is 1.01. The van der Waals surface area contributed by atoms with Gasteiger partial charge in [0.05, 0.1) is 19.1 Å². The zero-order valence-corrected chi connectivity index (χ0v) is 11.7. The zero-order chi connectivity index (χ0) is 15.1. The highest BCUT2D eigenvalue weighted by Crippen LogP contribution is 2.17. The molecule has 0 unspecified atom stereocenters. The molecule has 1 atom stereocenters. The second-order valence-corrected chi connectivity index (χ2v) is 4.96. The van der Waals surface area contributed by atoms with E-state index in [4.69, 9.17) is 5.11 Å². The number of hydrogen-bond acceptors (Lipinski definition) is 5. The molecule has 1 amide bonds. The second kappa shape index (κ2) is 7.64. The van der Waals surface area contributed by atoms with Crippen LogP contribution in [0.25, 0.3) is 0 Å². The van der Waals surface area contributed by atoms with Gasteiger partial charge >= 0.3 is 12.1 Å². The number of amides is 1. The average Bonchev–Trinajstić information content (AvgIpc) is 3.00. The van der Waals surface area contributed by atoms with Crippen molar-refractivity contribution < 1.29 is 24.5 Å². The number of nitrogens with zero attached hydrogens (tertiary/aromatic N) is 1. The molecule has 0 bridgehead atoms. The average molecular weight is 293 g/mol. The fourth-order valence-electron chi connectivity index (χ4n) is 2.33. The molecule has 0 spiro atoms. The van der Waals surface area contributed by atoms with Crippen LogP contribution in [0.3, 0.4) is 0 Å². The molecule has 6 heteroatoms. The summed E-state index contributed by atoms with van der Waals surface area (Å²) in [5, 5.41) is 9.12. The normalized spacial score (nSPS) is 17.6. The molecule has 1 fully saturated rings. The number of carbonyl (C=O) groups is 2. The number of aliphatic hydroxyl groups excluding tert-OH is 1. The topological polar surface area (TPSA) is 76.1 Å². The molecule has 0 aliphatic carbocycles. The highest BCUT2D eigenvalue weighted by Gasteiger charge is 2.30. The van der Waals surface area contributed by atoms with Crippen LogP contribution in [0.1, 0.15) is 24.8 Å². The lowest BCUT2D eigenvalue weighted by Crippen LogP contribution is -2.38. The van der Waals surface area contributed by atoms with Crippen LogP contribution < -0.4 is 0 Å². The summed E-state index contributed by atoms with van der Waals surface area (Å²) in [6.07, 6.45) is 1.48. The summed E-state index contributed by atoms with van der Waals surface area (Å²) >= 11 is 0. The Morgan fingerprint density at radius 1 is 1.24 bits per heavy atom. The molecular weight excluding hydrogens is 274 g/mol. The molecule has 1 aliphatic heterocycles. The largest absolute Gasteiger partial charge is 0.453 e. The molecule has 0 saturated carbocycles. The van der Waals surface area contributed by atoms with E-state index in [0.29, 0.717) is 13.0 Å². The fraction of sp³-hybridized carbons (Fsp3) is 0.467. The van der Waals surface area contributed by atoms with Crippen molar-refractivity contribution in [1.29, 1.82) is 0 Å². The van der Waals surface area contributed by atoms with Gasteiger partial charge in [0, 0.05) is 6.54 Å². The van der Waals surface area contributed by atoms with Crippen molar-refractivity contribution in [2.45, 2.75) is 31.7 Å². The maximum absolute atomic E-state index is 11.7. The first-order valence-electron chi connectivity index (χ1n) is 7.03. The van der Waals surface area contributed by atoms with Gasteiger partial charge < -0.3 is 5.11 Å². The molecular formula is C15H19NO5. The first kappa shape index (κ1) is 15.3. The molecule has 1 aromatic carbocycles. The van der Waals surface area contributed by atoms with Crippen molar-refractivity contribution >= 4 is 12.1 Å². The van der Waals surface area contributed by atoms with Crippen LogP contribution in [-0.2, 0) is 21.0 Å². The zero-order valence-electron chi connectivity index (χ0n) is 11.7. The molecule has 1 aromatic rings. The number of likely N-dealkylation sites (tertiary alicyclic amines) is 1. The summed E-state index contributed by atoms with van der Waals surface area (Å²) in [4.78, 5) is 33.7. The van der Waals surface area contributed by atoms with Crippen LogP contribution in [0, 0.1) is 0 Å². The Labute approximate surface area is 123 Å². The van der Waals surface area contributed by atoms with E-state index >= 15 is 0 Å². The molecule has 1 heterocycles. The Balaban J connectivity index is 1.70. The number of rotatable bonds is 4. The lowest BCUT2D eigenvalue weighted by Gasteiger charge is -2.20. The number of aliphatic hydroxyl groups is 1. The van der Waals surface area contributed by atoms with E-state index in [1.54, 1.807) is 0 Å². The lowest BCUT2D eigenvalue weighted by atomic mass is 10.1. The van der Waals surface area contributed by atoms with Gasteiger partial charge in [0.2, 0.25) is 0 Å². The van der Waals surface area contributed by atoms with Gasteiger partial charge in [-0.05, 0) is 24.8 Å². The van der Waals surface area contributed by atoms with Crippen LogP contribution >= 0.6 is 0 Å². The maximum Gasteiger partial charge on any atom is 0.453 e. The van der Waals surface area contributed by atoms with Crippen molar-refractivity contribution in [3.05, 3.63) is 35.9 Å². The van der Waals surface area contributed by atoms with Crippen LogP contribution in [0.2, 0.25) is 0 Å². The summed E-state index contributed by atoms with van der Waals surface area (Å²) in [5.74, 6) is -0.591. The highest BCUT2D eigenvalue weighted by molar-refractivity contribution is 5.72. The summed E-state index contributed by atoms with van der Waals surface area (Å²) < 4.78 is 0. The molecule has 2 rings (SSSR count). The molecule has 114 valence electrons. The van der Waals surface area contributed by atoms with Gasteiger partial charge in [-0.25, -0.2) is 19.4 Å². The quantitative estimate of drug-likeness (QED) is 0.675. The van der Waals surface area contributed by atoms with E-state index in [2.05, 4.69) is 9.78 Å². The number of aryl methyl sites for hydroxylation is 1. The van der Waals surface area contributed by atoms with Gasteiger partial charge in [-0.1, -0.05) is 30.3 Å². The van der Waals surface area contributed by atoms with Crippen LogP contribution in [-0.4, -0.2) is 41.3 Å². The molecule has 0 radical (unpaired) electrons. The van der Waals surface area contributed by atoms with Crippen molar-refractivity contribution in [3.8, 4) is 0 Å². The van der Waals surface area contributed by atoms with E-state index in [9.17, 15) is 9.59 Å². The molecule has 0 aromatic heterocycles. The predicted octanol–water partition coefficient (Wildman–Crippen LogP) is 1.67. The van der Waals surface area contributed by atoms with E-state index in [1.165, 1.54) is 4.90 Å². The molecule has 6 nitrogen and oxygen atoms in total. The molecule has 1 aliphatic rings. The number of hydrogen-bond donors (Lipinski definition) is 1. The Morgan fingerprint density at radius 3 is 2.71 bits per heavy atom. The van der Waals surface area contributed by atoms with Crippen LogP contribution in [0.5, 0.6) is 0 Å². The third-order valence-electron chi connectivity index (χ3n) is 3.49. The number of benzene rings is 1. The standard InChI is InChI=1S/C15H19NO5/c17-11-13-7-4-10-16(13)15(19)21-20-14(18)9-8-12-5-2-1-3-6-12/h1-3,5-6,13,17H,4,7-11H2/t13-/m1/s1. The Morgan fingerprint density at radius 2 is 2.00 bits per heavy atom. The van der Waals surface area contributed by atoms with Crippen LogP contribution in [0.4, 0.5) is 4.79 Å². The van der Waals surface area contributed by atoms with Gasteiger partial charge in [0.1, 0.15) is 0 Å². The minimum Gasteiger partial charge on any atom is -0.394 e. The smallest absolute Gasteiger partial charge is 0.394 e. The van der Waals surface area contributed by atoms with Crippen molar-refractivity contribution in [2.24, 2.45) is 0 Å². The lowest BCUT2D eigenvalue weighted by molar-refractivity contribution is -0.237. The van der Waals surface area contributed by atoms with Crippen molar-refractivity contribution in [3.63, 3.8) is 0 Å². The number of carbonyl (C=O) groups excluding carboxylic acids is 2. The van der Waals surface area contributed by atoms with Crippen LogP contribution in [0.15, 0.2) is 30.3 Å². The van der Waals surface area contributed by atoms with Crippen molar-refractivity contribution in [1.82, 2.24) is 4.90 Å². The summed E-state index contributed by atoms with van der Waals surface area (Å²) in [6.45, 7) is 0.392. The first-order valence-corrected chi connectivity index (χ1v) is 7.03. The van der Waals surface area contributed by atoms with E-state index in [-0.39, 0.29) is 19.1 Å². The monoisotopic (exact) mass is 293 g/mol. The minimum absolute atomic E-state index is 0.114. The SMILES string of the molecule is O=C(CCc1ccccc1)OOC(=O)N1CCC[C@@H]1CO. The fourth-order valence-corrected chi connectivity index (χ4v) is 2.33. The Kier molecular flexibility index (Phi) is 5.57. The third-order valence-corrected chi connectivity index (χ3v) is 3.49. The predicted molar refractivity (Wildman–Crippen MR) is 74.1 cm³/mol. The highest BCUT2D eigenvalue weighted by atomic mass is 17.2. The van der Waals surface area contributed by atoms with E-state index in [1.807, 2.05) is 30.3 Å².